The number of nitrogens with one attached hydrogen (secondary N) is 3. The number of rotatable bonds is 10. The van der Waals surface area contributed by atoms with E-state index < -0.39 is 0 Å². The van der Waals surface area contributed by atoms with E-state index >= 15 is 0 Å². The topological polar surface area (TPSA) is 39.8 Å². The van der Waals surface area contributed by atoms with Gasteiger partial charge in [0.1, 0.15) is 5.82 Å². The van der Waals surface area contributed by atoms with Gasteiger partial charge in [-0.3, -0.25) is 0 Å². The average Bonchev–Trinajstić information content (AvgIpc) is 3.07. The van der Waals surface area contributed by atoms with Gasteiger partial charge in [-0.2, -0.15) is 0 Å². The number of para-hydroxylation sites is 1. The zero-order valence-corrected chi connectivity index (χ0v) is 17.3. The lowest BCUT2D eigenvalue weighted by Gasteiger charge is -2.18. The summed E-state index contributed by atoms with van der Waals surface area (Å²) >= 11 is 0. The van der Waals surface area contributed by atoms with E-state index in [2.05, 4.69) is 47.0 Å². The number of aromatic amines is 1. The fraction of sp³-hybridized carbons (Fsp3) is 0.280. The fourth-order valence-electron chi connectivity index (χ4n) is 3.76. The first-order valence-corrected chi connectivity index (χ1v) is 10.1. The Kier molecular flexibility index (Phi) is 6.89. The SMILES string of the molecule is C=CC(CCNC)NC(=C)CCc1c(-c2ccc(F)cc2C)[nH]c2ccccc12. The van der Waals surface area contributed by atoms with Gasteiger partial charge in [0.15, 0.2) is 0 Å². The highest BCUT2D eigenvalue weighted by atomic mass is 19.1. The van der Waals surface area contributed by atoms with Crippen molar-refractivity contribution >= 4 is 10.9 Å². The molecule has 0 aliphatic heterocycles. The summed E-state index contributed by atoms with van der Waals surface area (Å²) in [6.07, 6.45) is 4.56. The number of H-pyrrole nitrogens is 1. The van der Waals surface area contributed by atoms with Crippen molar-refractivity contribution in [3.8, 4) is 11.3 Å². The lowest BCUT2D eigenvalue weighted by atomic mass is 9.97. The monoisotopic (exact) mass is 391 g/mol. The number of fused-ring (bicyclic) bond motifs is 1. The lowest BCUT2D eigenvalue weighted by Crippen LogP contribution is -2.29. The van der Waals surface area contributed by atoms with E-state index in [-0.39, 0.29) is 11.9 Å². The van der Waals surface area contributed by atoms with Crippen LogP contribution in [0.15, 0.2) is 67.4 Å². The van der Waals surface area contributed by atoms with Crippen LogP contribution in [0.1, 0.15) is 24.0 Å². The van der Waals surface area contributed by atoms with E-state index in [0.29, 0.717) is 0 Å². The molecule has 0 saturated heterocycles. The van der Waals surface area contributed by atoms with Gasteiger partial charge in [0.2, 0.25) is 0 Å². The standard InChI is InChI=1S/C25H30FN3/c1-5-20(14-15-27-4)28-18(3)10-12-23-22-8-6-7-9-24(22)29-25(23)21-13-11-19(26)16-17(21)2/h5-9,11,13,16,20,27-29H,1,3,10,12,14-15H2,2,4H3. The van der Waals surface area contributed by atoms with Crippen LogP contribution in [0.4, 0.5) is 4.39 Å². The van der Waals surface area contributed by atoms with Gasteiger partial charge in [0, 0.05) is 33.9 Å². The lowest BCUT2D eigenvalue weighted by molar-refractivity contribution is 0.580. The van der Waals surface area contributed by atoms with Crippen molar-refractivity contribution in [2.45, 2.75) is 32.2 Å². The first-order valence-electron chi connectivity index (χ1n) is 10.1. The molecule has 3 rings (SSSR count). The Morgan fingerprint density at radius 1 is 1.24 bits per heavy atom. The summed E-state index contributed by atoms with van der Waals surface area (Å²) in [6.45, 7) is 11.0. The molecule has 2 aromatic carbocycles. The van der Waals surface area contributed by atoms with Crippen LogP contribution in [0, 0.1) is 12.7 Å². The van der Waals surface area contributed by atoms with Gasteiger partial charge < -0.3 is 15.6 Å². The summed E-state index contributed by atoms with van der Waals surface area (Å²) in [5.41, 5.74) is 6.36. The Morgan fingerprint density at radius 3 is 2.76 bits per heavy atom. The van der Waals surface area contributed by atoms with Gasteiger partial charge in [-0.05, 0) is 75.2 Å². The second kappa shape index (κ2) is 9.57. The molecule has 1 atom stereocenters. The van der Waals surface area contributed by atoms with Gasteiger partial charge in [-0.25, -0.2) is 4.39 Å². The average molecular weight is 392 g/mol. The summed E-state index contributed by atoms with van der Waals surface area (Å²) in [5, 5.41) is 7.85. The first kappa shape index (κ1) is 20.9. The Morgan fingerprint density at radius 2 is 2.03 bits per heavy atom. The zero-order chi connectivity index (χ0) is 20.8. The number of aromatic nitrogens is 1. The minimum atomic E-state index is -0.210. The third-order valence-corrected chi connectivity index (χ3v) is 5.33. The van der Waals surface area contributed by atoms with E-state index in [1.54, 1.807) is 6.07 Å². The van der Waals surface area contributed by atoms with Crippen LogP contribution in [0.2, 0.25) is 0 Å². The van der Waals surface area contributed by atoms with Gasteiger partial charge >= 0.3 is 0 Å². The number of halogens is 1. The van der Waals surface area contributed by atoms with Crippen molar-refractivity contribution in [2.24, 2.45) is 0 Å². The Hall–Kier alpha value is -2.85. The zero-order valence-electron chi connectivity index (χ0n) is 17.3. The Balaban J connectivity index is 1.85. The molecule has 4 heteroatoms. The quantitative estimate of drug-likeness (QED) is 0.400. The minimum Gasteiger partial charge on any atom is -0.383 e. The molecule has 0 spiro atoms. The van der Waals surface area contributed by atoms with Crippen LogP contribution in [0.25, 0.3) is 22.2 Å². The molecular weight excluding hydrogens is 361 g/mol. The van der Waals surface area contributed by atoms with Crippen molar-refractivity contribution < 1.29 is 4.39 Å². The van der Waals surface area contributed by atoms with Crippen molar-refractivity contribution in [1.82, 2.24) is 15.6 Å². The van der Waals surface area contributed by atoms with E-state index in [9.17, 15) is 4.39 Å². The summed E-state index contributed by atoms with van der Waals surface area (Å²) in [4.78, 5) is 3.55. The molecule has 3 aromatic rings. The number of hydrogen-bond acceptors (Lipinski definition) is 2. The van der Waals surface area contributed by atoms with Gasteiger partial charge in [-0.15, -0.1) is 6.58 Å². The Labute approximate surface area is 172 Å². The predicted molar refractivity (Wildman–Crippen MR) is 122 cm³/mol. The maximum absolute atomic E-state index is 13.6. The third kappa shape index (κ3) is 4.96. The molecule has 3 N–H and O–H groups in total. The molecule has 0 amide bonds. The molecule has 3 nitrogen and oxygen atoms in total. The van der Waals surface area contributed by atoms with E-state index in [1.807, 2.05) is 32.2 Å². The summed E-state index contributed by atoms with van der Waals surface area (Å²) < 4.78 is 13.6. The van der Waals surface area contributed by atoms with Crippen LogP contribution in [0.3, 0.4) is 0 Å². The second-order valence-electron chi connectivity index (χ2n) is 7.47. The van der Waals surface area contributed by atoms with Crippen molar-refractivity contribution in [3.05, 3.63) is 84.3 Å². The molecule has 0 bridgehead atoms. The fourth-order valence-corrected chi connectivity index (χ4v) is 3.76. The first-order chi connectivity index (χ1) is 14.0. The van der Waals surface area contributed by atoms with Gasteiger partial charge in [0.25, 0.3) is 0 Å². The maximum atomic E-state index is 13.6. The highest BCUT2D eigenvalue weighted by Gasteiger charge is 2.15. The highest BCUT2D eigenvalue weighted by Crippen LogP contribution is 2.33. The number of benzene rings is 2. The van der Waals surface area contributed by atoms with Crippen molar-refractivity contribution in [1.29, 1.82) is 0 Å². The second-order valence-corrected chi connectivity index (χ2v) is 7.47. The summed E-state index contributed by atoms with van der Waals surface area (Å²) in [7, 11) is 1.95. The molecule has 0 radical (unpaired) electrons. The van der Waals surface area contributed by atoms with E-state index in [4.69, 9.17) is 0 Å². The van der Waals surface area contributed by atoms with Crippen LogP contribution < -0.4 is 10.6 Å². The number of allylic oxidation sites excluding steroid dienone is 1. The van der Waals surface area contributed by atoms with Crippen LogP contribution in [-0.4, -0.2) is 24.6 Å². The van der Waals surface area contributed by atoms with Crippen molar-refractivity contribution in [3.63, 3.8) is 0 Å². The molecule has 1 aromatic heterocycles. The normalized spacial score (nSPS) is 12.1. The van der Waals surface area contributed by atoms with Crippen LogP contribution >= 0.6 is 0 Å². The largest absolute Gasteiger partial charge is 0.383 e. The molecule has 0 fully saturated rings. The van der Waals surface area contributed by atoms with E-state index in [0.717, 1.165) is 53.8 Å². The minimum absolute atomic E-state index is 0.205. The molecule has 0 aliphatic rings. The molecule has 0 aliphatic carbocycles. The molecule has 1 heterocycles. The highest BCUT2D eigenvalue weighted by molar-refractivity contribution is 5.91. The van der Waals surface area contributed by atoms with Gasteiger partial charge in [0.05, 0.1) is 0 Å². The Bertz CT molecular complexity index is 1000. The van der Waals surface area contributed by atoms with Gasteiger partial charge in [-0.1, -0.05) is 30.9 Å². The third-order valence-electron chi connectivity index (χ3n) is 5.33. The molecule has 29 heavy (non-hydrogen) atoms. The summed E-state index contributed by atoms with van der Waals surface area (Å²) in [6, 6.07) is 13.5. The molecule has 152 valence electrons. The van der Waals surface area contributed by atoms with Crippen molar-refractivity contribution in [2.75, 3.05) is 13.6 Å². The molecule has 1 unspecified atom stereocenters. The van der Waals surface area contributed by atoms with E-state index in [1.165, 1.54) is 17.0 Å². The molecular formula is C25H30FN3. The smallest absolute Gasteiger partial charge is 0.123 e. The van der Waals surface area contributed by atoms with Crippen LogP contribution in [0.5, 0.6) is 0 Å². The maximum Gasteiger partial charge on any atom is 0.123 e. The van der Waals surface area contributed by atoms with Crippen LogP contribution in [-0.2, 0) is 6.42 Å². The number of aryl methyl sites for hydroxylation is 2. The molecule has 0 saturated carbocycles. The summed E-state index contributed by atoms with van der Waals surface area (Å²) in [5.74, 6) is -0.210. The predicted octanol–water partition coefficient (Wildman–Crippen LogP) is 5.48. The number of hydrogen-bond donors (Lipinski definition) is 3.